The van der Waals surface area contributed by atoms with Crippen LogP contribution in [0.4, 0.5) is 18.9 Å². The predicted octanol–water partition coefficient (Wildman–Crippen LogP) is 2.45. The number of unbranched alkanes of at least 4 members (excludes halogenated alkanes) is 1. The van der Waals surface area contributed by atoms with Crippen LogP contribution in [-0.4, -0.2) is 50.5 Å². The Morgan fingerprint density at radius 2 is 1.73 bits per heavy atom. The summed E-state index contributed by atoms with van der Waals surface area (Å²) >= 11 is 0. The highest BCUT2D eigenvalue weighted by molar-refractivity contribution is 5.58. The molecule has 124 valence electrons. The molecule has 7 heteroatoms. The Labute approximate surface area is 128 Å². The van der Waals surface area contributed by atoms with Gasteiger partial charge in [-0.2, -0.15) is 0 Å². The quantitative estimate of drug-likeness (QED) is 0.818. The van der Waals surface area contributed by atoms with Gasteiger partial charge in [0.25, 0.3) is 0 Å². The Kier molecular flexibility index (Phi) is 5.90. The summed E-state index contributed by atoms with van der Waals surface area (Å²) in [5.74, 6) is -0.133. The van der Waals surface area contributed by atoms with Gasteiger partial charge in [-0.15, -0.1) is 13.2 Å². The fraction of sp³-hybridized carbons (Fsp3) is 0.600. The van der Waals surface area contributed by atoms with Gasteiger partial charge in [0.05, 0.1) is 5.69 Å². The fourth-order valence-electron chi connectivity index (χ4n) is 2.62. The zero-order valence-corrected chi connectivity index (χ0v) is 12.5. The molecule has 0 aromatic heterocycles. The van der Waals surface area contributed by atoms with Crippen molar-refractivity contribution in [3.8, 4) is 5.75 Å². The Balaban J connectivity index is 1.94. The van der Waals surface area contributed by atoms with E-state index in [1.165, 1.54) is 6.07 Å². The molecule has 22 heavy (non-hydrogen) atoms. The third kappa shape index (κ3) is 5.06. The van der Waals surface area contributed by atoms with Crippen LogP contribution in [0.1, 0.15) is 12.8 Å². The molecule has 2 N–H and O–H groups in total. The molecule has 1 aromatic carbocycles. The highest BCUT2D eigenvalue weighted by Crippen LogP contribution is 2.33. The highest BCUT2D eigenvalue weighted by atomic mass is 19.4. The van der Waals surface area contributed by atoms with Gasteiger partial charge in [-0.25, -0.2) is 0 Å². The molecule has 1 heterocycles. The summed E-state index contributed by atoms with van der Waals surface area (Å²) in [6.45, 7) is 4.76. The second kappa shape index (κ2) is 7.69. The van der Waals surface area contributed by atoms with E-state index >= 15 is 0 Å². The number of benzene rings is 1. The lowest BCUT2D eigenvalue weighted by molar-refractivity contribution is -0.274. The van der Waals surface area contributed by atoms with Gasteiger partial charge in [-0.1, -0.05) is 12.1 Å². The first-order valence-electron chi connectivity index (χ1n) is 7.52. The number of rotatable bonds is 6. The molecule has 2 rings (SSSR count). The SMILES string of the molecule is NCCCCN1CCN(c2ccccc2OC(F)(F)F)CC1. The molecule has 4 nitrogen and oxygen atoms in total. The third-order valence-corrected chi connectivity index (χ3v) is 3.73. The maximum absolute atomic E-state index is 12.5. The lowest BCUT2D eigenvalue weighted by Gasteiger charge is -2.36. The number of hydrogen-bond acceptors (Lipinski definition) is 4. The van der Waals surface area contributed by atoms with E-state index in [0.717, 1.165) is 32.5 Å². The largest absolute Gasteiger partial charge is 0.573 e. The van der Waals surface area contributed by atoms with Crippen molar-refractivity contribution in [2.45, 2.75) is 19.2 Å². The number of nitrogens with two attached hydrogens (primary N) is 1. The van der Waals surface area contributed by atoms with E-state index < -0.39 is 6.36 Å². The van der Waals surface area contributed by atoms with Gasteiger partial charge in [0, 0.05) is 26.2 Å². The number of para-hydroxylation sites is 2. The van der Waals surface area contributed by atoms with Crippen LogP contribution in [0.5, 0.6) is 5.75 Å². The van der Waals surface area contributed by atoms with Gasteiger partial charge in [0.15, 0.2) is 5.75 Å². The summed E-state index contributed by atoms with van der Waals surface area (Å²) in [6, 6.07) is 6.31. The minimum Gasteiger partial charge on any atom is -0.404 e. The lowest BCUT2D eigenvalue weighted by Crippen LogP contribution is -2.46. The Hall–Kier alpha value is -1.47. The van der Waals surface area contributed by atoms with Crippen molar-refractivity contribution in [2.24, 2.45) is 5.73 Å². The van der Waals surface area contributed by atoms with Crippen molar-refractivity contribution in [1.82, 2.24) is 4.90 Å². The molecule has 1 aliphatic rings. The molecular weight excluding hydrogens is 295 g/mol. The topological polar surface area (TPSA) is 41.7 Å². The minimum atomic E-state index is -4.67. The lowest BCUT2D eigenvalue weighted by atomic mass is 10.2. The Morgan fingerprint density at radius 3 is 2.36 bits per heavy atom. The van der Waals surface area contributed by atoms with Gasteiger partial charge in [-0.3, -0.25) is 4.90 Å². The number of alkyl halides is 3. The van der Waals surface area contributed by atoms with Crippen molar-refractivity contribution >= 4 is 5.69 Å². The molecule has 1 aromatic rings. The molecule has 0 spiro atoms. The van der Waals surface area contributed by atoms with Gasteiger partial charge < -0.3 is 15.4 Å². The van der Waals surface area contributed by atoms with Crippen LogP contribution in [0.25, 0.3) is 0 Å². The van der Waals surface area contributed by atoms with E-state index in [2.05, 4.69) is 9.64 Å². The molecule has 0 atom stereocenters. The maximum Gasteiger partial charge on any atom is 0.573 e. The van der Waals surface area contributed by atoms with E-state index in [-0.39, 0.29) is 5.75 Å². The van der Waals surface area contributed by atoms with Gasteiger partial charge in [-0.05, 0) is 38.1 Å². The van der Waals surface area contributed by atoms with Crippen LogP contribution in [0.2, 0.25) is 0 Å². The number of anilines is 1. The van der Waals surface area contributed by atoms with Crippen LogP contribution < -0.4 is 15.4 Å². The molecule has 0 amide bonds. The summed E-state index contributed by atoms with van der Waals surface area (Å²) in [5.41, 5.74) is 5.98. The smallest absolute Gasteiger partial charge is 0.404 e. The molecule has 1 fully saturated rings. The van der Waals surface area contributed by atoms with Crippen molar-refractivity contribution in [3.63, 3.8) is 0 Å². The molecular formula is C15H22F3N3O. The Morgan fingerprint density at radius 1 is 1.05 bits per heavy atom. The number of halogens is 3. The van der Waals surface area contributed by atoms with Crippen LogP contribution >= 0.6 is 0 Å². The summed E-state index contributed by atoms with van der Waals surface area (Å²) < 4.78 is 41.5. The summed E-state index contributed by atoms with van der Waals surface area (Å²) in [6.07, 6.45) is -2.60. The molecule has 0 radical (unpaired) electrons. The summed E-state index contributed by atoms with van der Waals surface area (Å²) in [7, 11) is 0. The summed E-state index contributed by atoms with van der Waals surface area (Å²) in [4.78, 5) is 4.26. The number of nitrogens with zero attached hydrogens (tertiary/aromatic N) is 2. The van der Waals surface area contributed by atoms with Crippen molar-refractivity contribution in [1.29, 1.82) is 0 Å². The van der Waals surface area contributed by atoms with Crippen LogP contribution in [0, 0.1) is 0 Å². The van der Waals surface area contributed by atoms with E-state index in [1.807, 2.05) is 4.90 Å². The predicted molar refractivity (Wildman–Crippen MR) is 80.1 cm³/mol. The standard InChI is InChI=1S/C15H22F3N3O/c16-15(17,18)22-14-6-2-1-5-13(14)21-11-9-20(10-12-21)8-4-3-7-19/h1-2,5-6H,3-4,7-12,19H2. The van der Waals surface area contributed by atoms with E-state index in [4.69, 9.17) is 5.73 Å². The first kappa shape index (κ1) is 16.9. The molecule has 0 aliphatic carbocycles. The molecule has 1 saturated heterocycles. The maximum atomic E-state index is 12.5. The van der Waals surface area contributed by atoms with Crippen LogP contribution in [0.3, 0.4) is 0 Å². The first-order chi connectivity index (χ1) is 10.5. The zero-order valence-electron chi connectivity index (χ0n) is 12.5. The Bertz CT molecular complexity index is 460. The number of piperazine rings is 1. The van der Waals surface area contributed by atoms with Gasteiger partial charge in [0.1, 0.15) is 0 Å². The highest BCUT2D eigenvalue weighted by Gasteiger charge is 2.33. The normalized spacial score (nSPS) is 16.8. The molecule has 1 aliphatic heterocycles. The average Bonchev–Trinajstić information content (AvgIpc) is 2.47. The zero-order chi connectivity index (χ0) is 16.0. The summed E-state index contributed by atoms with van der Waals surface area (Å²) in [5, 5.41) is 0. The average molecular weight is 317 g/mol. The molecule has 0 saturated carbocycles. The second-order valence-corrected chi connectivity index (χ2v) is 5.34. The van der Waals surface area contributed by atoms with Gasteiger partial charge >= 0.3 is 6.36 Å². The molecule has 0 unspecified atom stereocenters. The van der Waals surface area contributed by atoms with Crippen LogP contribution in [0.15, 0.2) is 24.3 Å². The van der Waals surface area contributed by atoms with E-state index in [1.54, 1.807) is 18.2 Å². The van der Waals surface area contributed by atoms with E-state index in [9.17, 15) is 13.2 Å². The first-order valence-corrected chi connectivity index (χ1v) is 7.52. The monoisotopic (exact) mass is 317 g/mol. The number of ether oxygens (including phenoxy) is 1. The van der Waals surface area contributed by atoms with Crippen molar-refractivity contribution < 1.29 is 17.9 Å². The van der Waals surface area contributed by atoms with Crippen LogP contribution in [-0.2, 0) is 0 Å². The third-order valence-electron chi connectivity index (χ3n) is 3.73. The van der Waals surface area contributed by atoms with Crippen molar-refractivity contribution in [3.05, 3.63) is 24.3 Å². The molecule has 0 bridgehead atoms. The van der Waals surface area contributed by atoms with Gasteiger partial charge in [0.2, 0.25) is 0 Å². The van der Waals surface area contributed by atoms with E-state index in [0.29, 0.717) is 25.3 Å². The second-order valence-electron chi connectivity index (χ2n) is 5.34. The minimum absolute atomic E-state index is 0.133. The van der Waals surface area contributed by atoms with Crippen molar-refractivity contribution in [2.75, 3.05) is 44.2 Å². The number of hydrogen-bond donors (Lipinski definition) is 1. The fourth-order valence-corrected chi connectivity index (χ4v) is 2.62.